The first-order chi connectivity index (χ1) is 9.34. The molecule has 0 atom stereocenters. The van der Waals surface area contributed by atoms with Crippen molar-refractivity contribution in [3.8, 4) is 0 Å². The maximum absolute atomic E-state index is 5.74. The highest BCUT2D eigenvalue weighted by molar-refractivity contribution is 5.82. The van der Waals surface area contributed by atoms with Crippen LogP contribution >= 0.6 is 0 Å². The summed E-state index contributed by atoms with van der Waals surface area (Å²) in [5.41, 5.74) is 2.21. The van der Waals surface area contributed by atoms with Gasteiger partial charge in [-0.05, 0) is 19.1 Å². The summed E-state index contributed by atoms with van der Waals surface area (Å²) in [5, 5.41) is 8.82. The van der Waals surface area contributed by atoms with E-state index in [1.807, 2.05) is 42.1 Å². The van der Waals surface area contributed by atoms with E-state index in [1.54, 1.807) is 6.20 Å². The Balaban J connectivity index is 1.63. The Hall–Kier alpha value is -2.07. The number of fused-ring (bicyclic) bond motifs is 1. The van der Waals surface area contributed by atoms with Crippen LogP contribution in [0.3, 0.4) is 0 Å². The molecule has 0 aliphatic carbocycles. The van der Waals surface area contributed by atoms with E-state index in [9.17, 15) is 0 Å². The zero-order valence-electron chi connectivity index (χ0n) is 11.0. The van der Waals surface area contributed by atoms with E-state index in [0.29, 0.717) is 0 Å². The van der Waals surface area contributed by atoms with Gasteiger partial charge in [-0.2, -0.15) is 5.10 Å². The minimum Gasteiger partial charge on any atom is -0.461 e. The van der Waals surface area contributed by atoms with Gasteiger partial charge in [0.2, 0.25) is 0 Å². The van der Waals surface area contributed by atoms with Gasteiger partial charge in [0.05, 0.1) is 6.54 Å². The van der Waals surface area contributed by atoms with E-state index in [2.05, 4.69) is 16.5 Å². The predicted octanol–water partition coefficient (Wildman–Crippen LogP) is 2.73. The highest BCUT2D eigenvalue weighted by atomic mass is 16.3. The maximum atomic E-state index is 5.74. The summed E-state index contributed by atoms with van der Waals surface area (Å²) in [6.45, 7) is 4.61. The van der Waals surface area contributed by atoms with Gasteiger partial charge in [0.25, 0.3) is 0 Å². The van der Waals surface area contributed by atoms with Crippen LogP contribution in [0.1, 0.15) is 11.3 Å². The summed E-state index contributed by atoms with van der Waals surface area (Å²) < 4.78 is 7.67. The molecule has 1 aromatic carbocycles. The van der Waals surface area contributed by atoms with Crippen LogP contribution in [-0.2, 0) is 13.1 Å². The summed E-state index contributed by atoms with van der Waals surface area (Å²) in [5.74, 6) is 0.993. The van der Waals surface area contributed by atoms with Crippen LogP contribution in [0.4, 0.5) is 0 Å². The normalized spacial score (nSPS) is 11.2. The lowest BCUT2D eigenvalue weighted by Gasteiger charge is -2.04. The molecule has 0 bridgehead atoms. The van der Waals surface area contributed by atoms with Gasteiger partial charge in [-0.3, -0.25) is 4.68 Å². The molecule has 3 aromatic rings. The van der Waals surface area contributed by atoms with E-state index >= 15 is 0 Å². The van der Waals surface area contributed by atoms with Crippen molar-refractivity contribution >= 4 is 11.0 Å². The third kappa shape index (κ3) is 2.53. The zero-order chi connectivity index (χ0) is 13.1. The summed E-state index contributed by atoms with van der Waals surface area (Å²) >= 11 is 0. The van der Waals surface area contributed by atoms with Crippen LogP contribution in [0.25, 0.3) is 11.0 Å². The molecule has 0 aliphatic heterocycles. The van der Waals surface area contributed by atoms with Gasteiger partial charge in [0.1, 0.15) is 11.3 Å². The van der Waals surface area contributed by atoms with E-state index in [0.717, 1.165) is 31.0 Å². The molecule has 19 heavy (non-hydrogen) atoms. The molecule has 0 saturated carbocycles. The largest absolute Gasteiger partial charge is 0.461 e. The van der Waals surface area contributed by atoms with Crippen molar-refractivity contribution in [2.45, 2.75) is 20.0 Å². The molecule has 0 unspecified atom stereocenters. The first-order valence-electron chi connectivity index (χ1n) is 6.50. The highest BCUT2D eigenvalue weighted by Crippen LogP contribution is 2.24. The lowest BCUT2D eigenvalue weighted by Crippen LogP contribution is -2.19. The van der Waals surface area contributed by atoms with Gasteiger partial charge < -0.3 is 9.73 Å². The van der Waals surface area contributed by atoms with Crippen LogP contribution < -0.4 is 5.32 Å². The molecule has 98 valence electrons. The van der Waals surface area contributed by atoms with Gasteiger partial charge in [-0.25, -0.2) is 0 Å². The zero-order valence-corrected chi connectivity index (χ0v) is 11.0. The van der Waals surface area contributed by atoms with Crippen molar-refractivity contribution in [2.75, 3.05) is 6.54 Å². The van der Waals surface area contributed by atoms with Crippen molar-refractivity contribution in [3.05, 3.63) is 54.0 Å². The van der Waals surface area contributed by atoms with Crippen LogP contribution in [0.5, 0.6) is 0 Å². The van der Waals surface area contributed by atoms with Gasteiger partial charge >= 0.3 is 0 Å². The van der Waals surface area contributed by atoms with Crippen LogP contribution in [0.15, 0.2) is 47.1 Å². The number of furan rings is 1. The van der Waals surface area contributed by atoms with E-state index < -0.39 is 0 Å². The molecule has 4 heteroatoms. The predicted molar refractivity (Wildman–Crippen MR) is 74.9 cm³/mol. The lowest BCUT2D eigenvalue weighted by molar-refractivity contribution is 0.541. The van der Waals surface area contributed by atoms with Gasteiger partial charge in [-0.1, -0.05) is 18.2 Å². The Labute approximate surface area is 112 Å². The number of para-hydroxylation sites is 1. The number of rotatable bonds is 5. The third-order valence-electron chi connectivity index (χ3n) is 3.28. The molecule has 1 N–H and O–H groups in total. The fourth-order valence-corrected chi connectivity index (χ4v) is 2.28. The highest BCUT2D eigenvalue weighted by Gasteiger charge is 2.09. The Morgan fingerprint density at radius 1 is 1.26 bits per heavy atom. The van der Waals surface area contributed by atoms with Crippen LogP contribution in [0.2, 0.25) is 0 Å². The van der Waals surface area contributed by atoms with Crippen LogP contribution in [-0.4, -0.2) is 16.3 Å². The maximum Gasteiger partial charge on any atom is 0.134 e. The van der Waals surface area contributed by atoms with Crippen molar-refractivity contribution in [3.63, 3.8) is 0 Å². The quantitative estimate of drug-likeness (QED) is 0.713. The van der Waals surface area contributed by atoms with E-state index in [1.165, 1.54) is 10.9 Å². The number of hydrogen-bond acceptors (Lipinski definition) is 3. The number of nitrogens with zero attached hydrogens (tertiary/aromatic N) is 2. The summed E-state index contributed by atoms with van der Waals surface area (Å²) in [6, 6.07) is 10.1. The summed E-state index contributed by atoms with van der Waals surface area (Å²) in [4.78, 5) is 0. The molecule has 0 fully saturated rings. The standard InChI is InChI=1S/C15H17N3O/c1-12-14(13-5-2-3-6-15(13)19-12)11-16-8-10-18-9-4-7-17-18/h2-7,9,16H,8,10-11H2,1H3. The van der Waals surface area contributed by atoms with Gasteiger partial charge in [0.15, 0.2) is 0 Å². The van der Waals surface area contributed by atoms with Crippen molar-refractivity contribution in [1.82, 2.24) is 15.1 Å². The Kier molecular flexibility index (Phi) is 3.33. The third-order valence-corrected chi connectivity index (χ3v) is 3.28. The minimum absolute atomic E-state index is 0.824. The average molecular weight is 255 g/mol. The fourth-order valence-electron chi connectivity index (χ4n) is 2.28. The molecule has 0 saturated heterocycles. The molecule has 0 amide bonds. The fraction of sp³-hybridized carbons (Fsp3) is 0.267. The molecular formula is C15H17N3O. The number of nitrogens with one attached hydrogen (secondary N) is 1. The molecule has 0 aliphatic rings. The Morgan fingerprint density at radius 2 is 2.16 bits per heavy atom. The number of benzene rings is 1. The Bertz CT molecular complexity index is 655. The molecular weight excluding hydrogens is 238 g/mol. The Morgan fingerprint density at radius 3 is 3.00 bits per heavy atom. The lowest BCUT2D eigenvalue weighted by atomic mass is 10.1. The molecule has 3 rings (SSSR count). The van der Waals surface area contributed by atoms with Crippen LogP contribution in [0, 0.1) is 6.92 Å². The molecule has 2 heterocycles. The first-order valence-corrected chi connectivity index (χ1v) is 6.50. The topological polar surface area (TPSA) is 43.0 Å². The first kappa shape index (κ1) is 12.0. The van der Waals surface area contributed by atoms with Gasteiger partial charge in [-0.15, -0.1) is 0 Å². The van der Waals surface area contributed by atoms with Crippen molar-refractivity contribution in [1.29, 1.82) is 0 Å². The van der Waals surface area contributed by atoms with E-state index in [4.69, 9.17) is 4.42 Å². The SMILES string of the molecule is Cc1oc2ccccc2c1CNCCn1cccn1. The molecule has 2 aromatic heterocycles. The second-order valence-corrected chi connectivity index (χ2v) is 4.58. The second-order valence-electron chi connectivity index (χ2n) is 4.58. The number of hydrogen-bond donors (Lipinski definition) is 1. The summed E-state index contributed by atoms with van der Waals surface area (Å²) in [6.07, 6.45) is 3.77. The average Bonchev–Trinajstić information content (AvgIpc) is 3.02. The minimum atomic E-state index is 0.824. The monoisotopic (exact) mass is 255 g/mol. The molecule has 0 radical (unpaired) electrons. The second kappa shape index (κ2) is 5.28. The van der Waals surface area contributed by atoms with Crippen molar-refractivity contribution < 1.29 is 4.42 Å². The van der Waals surface area contributed by atoms with Gasteiger partial charge in [0, 0.05) is 36.4 Å². The summed E-state index contributed by atoms with van der Waals surface area (Å²) in [7, 11) is 0. The number of aryl methyl sites for hydroxylation is 1. The smallest absolute Gasteiger partial charge is 0.134 e. The molecule has 4 nitrogen and oxygen atoms in total. The number of aromatic nitrogens is 2. The van der Waals surface area contributed by atoms with E-state index in [-0.39, 0.29) is 0 Å². The van der Waals surface area contributed by atoms with Crippen molar-refractivity contribution in [2.24, 2.45) is 0 Å². The molecule has 0 spiro atoms.